The fourth-order valence-electron chi connectivity index (χ4n) is 3.08. The quantitative estimate of drug-likeness (QED) is 0.593. The van der Waals surface area contributed by atoms with E-state index in [1.165, 1.54) is 11.8 Å². The van der Waals surface area contributed by atoms with Gasteiger partial charge in [-0.2, -0.15) is 0 Å². The highest BCUT2D eigenvalue weighted by Gasteiger charge is 2.21. The van der Waals surface area contributed by atoms with Crippen LogP contribution >= 0.6 is 11.8 Å². The molecule has 0 N–H and O–H groups in total. The van der Waals surface area contributed by atoms with Crippen LogP contribution in [0.25, 0.3) is 0 Å². The van der Waals surface area contributed by atoms with E-state index >= 15 is 0 Å². The molecule has 3 rings (SSSR count). The Labute approximate surface area is 146 Å². The minimum Gasteiger partial charge on any atom is -0.376 e. The fraction of sp³-hybridized carbons (Fsp3) is 0.588. The Morgan fingerprint density at radius 1 is 1.38 bits per heavy atom. The van der Waals surface area contributed by atoms with Gasteiger partial charge >= 0.3 is 0 Å². The van der Waals surface area contributed by atoms with Crippen LogP contribution in [-0.2, 0) is 18.3 Å². The lowest BCUT2D eigenvalue weighted by molar-refractivity contribution is 0.0957. The van der Waals surface area contributed by atoms with Gasteiger partial charge in [-0.15, -0.1) is 10.2 Å². The lowest BCUT2D eigenvalue weighted by Crippen LogP contribution is -2.17. The van der Waals surface area contributed by atoms with Crippen LogP contribution in [0.2, 0.25) is 0 Å². The van der Waals surface area contributed by atoms with E-state index in [0.29, 0.717) is 5.75 Å². The molecule has 1 aliphatic heterocycles. The smallest absolute Gasteiger partial charge is 0.191 e. The van der Waals surface area contributed by atoms with E-state index in [2.05, 4.69) is 21.7 Å². The number of carbonyl (C=O) groups is 1. The maximum absolute atomic E-state index is 12.6. The van der Waals surface area contributed by atoms with Crippen molar-refractivity contribution in [1.29, 1.82) is 0 Å². The molecule has 1 atom stereocenters. The number of hydrogen-bond acceptors (Lipinski definition) is 5. The first-order chi connectivity index (χ1) is 11.5. The monoisotopic (exact) mass is 348 g/mol. The predicted molar refractivity (Wildman–Crippen MR) is 93.7 cm³/mol. The average Bonchev–Trinajstić information content (AvgIpc) is 3.24. The Bertz CT molecular complexity index is 744. The first kappa shape index (κ1) is 17.2. The summed E-state index contributed by atoms with van der Waals surface area (Å²) in [7, 11) is 1.91. The number of aryl methyl sites for hydroxylation is 2. The number of Topliss-reactive ketones (excluding diaryl/α,β-unsaturated/α-hetero) is 1. The zero-order valence-electron chi connectivity index (χ0n) is 14.7. The van der Waals surface area contributed by atoms with Crippen molar-refractivity contribution in [3.8, 4) is 0 Å². The van der Waals surface area contributed by atoms with Crippen molar-refractivity contribution < 1.29 is 9.53 Å². The van der Waals surface area contributed by atoms with E-state index in [0.717, 1.165) is 53.9 Å². The summed E-state index contributed by atoms with van der Waals surface area (Å²) < 4.78 is 9.84. The molecule has 0 amide bonds. The van der Waals surface area contributed by atoms with Gasteiger partial charge < -0.3 is 13.9 Å². The van der Waals surface area contributed by atoms with Crippen molar-refractivity contribution in [2.75, 3.05) is 12.4 Å². The van der Waals surface area contributed by atoms with Crippen LogP contribution in [0.1, 0.15) is 40.4 Å². The molecule has 1 saturated heterocycles. The van der Waals surface area contributed by atoms with E-state index in [-0.39, 0.29) is 11.9 Å². The second-order valence-electron chi connectivity index (χ2n) is 6.33. The zero-order valence-corrected chi connectivity index (χ0v) is 15.5. The number of hydrogen-bond donors (Lipinski definition) is 0. The van der Waals surface area contributed by atoms with Crippen LogP contribution in [0, 0.1) is 20.8 Å². The van der Waals surface area contributed by atoms with Crippen LogP contribution in [0.5, 0.6) is 0 Å². The summed E-state index contributed by atoms with van der Waals surface area (Å²) in [5, 5.41) is 8.89. The van der Waals surface area contributed by atoms with Gasteiger partial charge in [-0.05, 0) is 39.7 Å². The Morgan fingerprint density at radius 2 is 2.17 bits per heavy atom. The minimum atomic E-state index is 0.132. The van der Waals surface area contributed by atoms with Gasteiger partial charge in [-0.3, -0.25) is 4.79 Å². The van der Waals surface area contributed by atoms with Crippen molar-refractivity contribution in [3.05, 3.63) is 28.8 Å². The second-order valence-corrected chi connectivity index (χ2v) is 7.27. The third-order valence-electron chi connectivity index (χ3n) is 4.67. The van der Waals surface area contributed by atoms with Gasteiger partial charge in [0, 0.05) is 37.2 Å². The first-order valence-electron chi connectivity index (χ1n) is 8.27. The van der Waals surface area contributed by atoms with Gasteiger partial charge in [0.25, 0.3) is 0 Å². The van der Waals surface area contributed by atoms with Gasteiger partial charge in [-0.1, -0.05) is 11.8 Å². The Morgan fingerprint density at radius 3 is 2.79 bits per heavy atom. The topological polar surface area (TPSA) is 61.9 Å². The summed E-state index contributed by atoms with van der Waals surface area (Å²) in [6.07, 6.45) is 2.50. The summed E-state index contributed by atoms with van der Waals surface area (Å²) >= 11 is 1.43. The third kappa shape index (κ3) is 3.42. The normalized spacial score (nSPS) is 17.6. The predicted octanol–water partition coefficient (Wildman–Crippen LogP) is 2.70. The first-order valence-corrected chi connectivity index (χ1v) is 9.26. The molecule has 1 fully saturated rings. The number of aromatic nitrogens is 4. The molecule has 0 bridgehead atoms. The van der Waals surface area contributed by atoms with Crippen LogP contribution in [0.4, 0.5) is 0 Å². The molecule has 0 unspecified atom stereocenters. The summed E-state index contributed by atoms with van der Waals surface area (Å²) in [6.45, 7) is 7.66. The molecule has 0 spiro atoms. The van der Waals surface area contributed by atoms with Crippen molar-refractivity contribution in [2.24, 2.45) is 7.05 Å². The van der Waals surface area contributed by atoms with E-state index in [1.54, 1.807) is 0 Å². The van der Waals surface area contributed by atoms with Gasteiger partial charge in [0.05, 0.1) is 11.9 Å². The largest absolute Gasteiger partial charge is 0.376 e. The van der Waals surface area contributed by atoms with Gasteiger partial charge in [-0.25, -0.2) is 0 Å². The van der Waals surface area contributed by atoms with E-state index in [9.17, 15) is 4.79 Å². The minimum absolute atomic E-state index is 0.132. The summed E-state index contributed by atoms with van der Waals surface area (Å²) in [4.78, 5) is 12.6. The lowest BCUT2D eigenvalue weighted by atomic mass is 10.2. The molecular formula is C17H24N4O2S. The van der Waals surface area contributed by atoms with Crippen LogP contribution < -0.4 is 0 Å². The van der Waals surface area contributed by atoms with Crippen molar-refractivity contribution >= 4 is 17.5 Å². The maximum Gasteiger partial charge on any atom is 0.191 e. The highest BCUT2D eigenvalue weighted by molar-refractivity contribution is 7.99. The molecule has 7 heteroatoms. The number of thioether (sulfide) groups is 1. The average molecular weight is 348 g/mol. The number of nitrogens with zero attached hydrogens (tertiary/aromatic N) is 4. The lowest BCUT2D eigenvalue weighted by Gasteiger charge is -2.14. The highest BCUT2D eigenvalue weighted by Crippen LogP contribution is 2.23. The SMILES string of the molecule is Cc1nnc(SCC(=O)c2cc(C)n(C[C@@H]3CCCO3)c2C)n1C. The molecule has 2 aromatic heterocycles. The molecule has 6 nitrogen and oxygen atoms in total. The molecule has 0 saturated carbocycles. The number of carbonyl (C=O) groups excluding carboxylic acids is 1. The molecule has 24 heavy (non-hydrogen) atoms. The van der Waals surface area contributed by atoms with E-state index in [4.69, 9.17) is 4.74 Å². The standard InChI is InChI=1S/C17H24N4O2S/c1-11-8-15(12(2)21(11)9-14-6-5-7-23-14)16(22)10-24-17-19-18-13(3)20(17)4/h8,14H,5-7,9-10H2,1-4H3/t14-/m0/s1. The molecule has 0 aromatic carbocycles. The van der Waals surface area contributed by atoms with Crippen LogP contribution in [-0.4, -0.2) is 43.6 Å². The van der Waals surface area contributed by atoms with Gasteiger partial charge in [0.15, 0.2) is 10.9 Å². The summed E-state index contributed by atoms with van der Waals surface area (Å²) in [6, 6.07) is 2.00. The van der Waals surface area contributed by atoms with E-state index < -0.39 is 0 Å². The summed E-state index contributed by atoms with van der Waals surface area (Å²) in [5.41, 5.74) is 2.95. The number of ketones is 1. The summed E-state index contributed by atoms with van der Waals surface area (Å²) in [5.74, 6) is 1.35. The van der Waals surface area contributed by atoms with Crippen molar-refractivity contribution in [1.82, 2.24) is 19.3 Å². The molecule has 130 valence electrons. The molecule has 1 aliphatic rings. The molecule has 2 aromatic rings. The maximum atomic E-state index is 12.6. The Hall–Kier alpha value is -1.60. The number of ether oxygens (including phenoxy) is 1. The zero-order chi connectivity index (χ0) is 17.3. The Balaban J connectivity index is 1.69. The van der Waals surface area contributed by atoms with Gasteiger partial charge in [0.2, 0.25) is 0 Å². The Kier molecular flexibility index (Phi) is 5.10. The van der Waals surface area contributed by atoms with Gasteiger partial charge in [0.1, 0.15) is 5.82 Å². The second kappa shape index (κ2) is 7.11. The molecule has 0 aliphatic carbocycles. The molecule has 0 radical (unpaired) electrons. The third-order valence-corrected chi connectivity index (χ3v) is 5.69. The highest BCUT2D eigenvalue weighted by atomic mass is 32.2. The number of rotatable bonds is 6. The van der Waals surface area contributed by atoms with Crippen molar-refractivity contribution in [3.63, 3.8) is 0 Å². The van der Waals surface area contributed by atoms with Crippen LogP contribution in [0.15, 0.2) is 11.2 Å². The molecular weight excluding hydrogens is 324 g/mol. The van der Waals surface area contributed by atoms with Crippen molar-refractivity contribution in [2.45, 2.75) is 51.4 Å². The molecule has 3 heterocycles. The van der Waals surface area contributed by atoms with Crippen LogP contribution in [0.3, 0.4) is 0 Å². The fourth-order valence-corrected chi connectivity index (χ4v) is 3.92. The van der Waals surface area contributed by atoms with E-state index in [1.807, 2.05) is 31.5 Å².